The van der Waals surface area contributed by atoms with Gasteiger partial charge in [-0.15, -0.1) is 0 Å². The lowest BCUT2D eigenvalue weighted by atomic mass is 9.81. The third-order valence-electron chi connectivity index (χ3n) is 17.6. The number of rotatable bonds is 23. The number of unbranched alkanes of at least 4 members (excludes halogenated alkanes) is 5. The Morgan fingerprint density at radius 3 is 0.738 bits per heavy atom. The molecule has 107 heavy (non-hydrogen) atoms. The highest BCUT2D eigenvalue weighted by molar-refractivity contribution is 4.80. The van der Waals surface area contributed by atoms with Gasteiger partial charge in [-0.05, 0) is 83.9 Å². The lowest BCUT2D eigenvalue weighted by Gasteiger charge is -2.31. The monoisotopic (exact) mass is 1630 g/mol. The van der Waals surface area contributed by atoms with Crippen LogP contribution in [0.25, 0.3) is 0 Å². The molecule has 1 unspecified atom stereocenters. The molecule has 0 nitrogen and oxygen atoms in total. The largest absolute Gasteiger partial charge is 0.400 e. The predicted octanol–water partition coefficient (Wildman–Crippen LogP) is 36.9. The van der Waals surface area contributed by atoms with E-state index in [1.54, 1.807) is 48.5 Å². The van der Waals surface area contributed by atoms with Crippen LogP contribution in [0.15, 0.2) is 0 Å². The summed E-state index contributed by atoms with van der Waals surface area (Å²) in [5.41, 5.74) is -1.99. The van der Waals surface area contributed by atoms with E-state index in [0.29, 0.717) is 42.9 Å². The maximum absolute atomic E-state index is 12.1. The molecule has 666 valence electrons. The van der Waals surface area contributed by atoms with Crippen molar-refractivity contribution in [3.63, 3.8) is 0 Å². The molecular weight excluding hydrogens is 1470 g/mol. The summed E-state index contributed by atoms with van der Waals surface area (Å²) in [5.74, 6) is -5.47. The first-order valence-corrected chi connectivity index (χ1v) is 38.6. The topological polar surface area (TPSA) is 0 Å². The van der Waals surface area contributed by atoms with Crippen molar-refractivity contribution in [2.75, 3.05) is 0 Å². The van der Waals surface area contributed by atoms with Gasteiger partial charge >= 0.3 is 55.6 Å². The van der Waals surface area contributed by atoms with Gasteiger partial charge in [-0.25, -0.2) is 0 Å². The number of hydrogen-bond acceptors (Lipinski definition) is 0. The van der Waals surface area contributed by atoms with E-state index in [2.05, 4.69) is 125 Å². The Kier molecular flexibility index (Phi) is 79.1. The van der Waals surface area contributed by atoms with Gasteiger partial charge in [-0.1, -0.05) is 338 Å². The van der Waals surface area contributed by atoms with Crippen LogP contribution in [0.4, 0.5) is 119 Å². The van der Waals surface area contributed by atoms with Gasteiger partial charge in [-0.3, -0.25) is 0 Å². The highest BCUT2D eigenvalue weighted by atomic mass is 19.4. The van der Waals surface area contributed by atoms with Crippen molar-refractivity contribution in [1.29, 1.82) is 0 Å². The van der Waals surface area contributed by atoms with Gasteiger partial charge in [0, 0.05) is 12.8 Å². The van der Waals surface area contributed by atoms with Gasteiger partial charge in [0.05, 0.1) is 16.7 Å². The molecule has 0 aliphatic rings. The van der Waals surface area contributed by atoms with Gasteiger partial charge in [-0.2, -0.15) is 119 Å². The lowest BCUT2D eigenvalue weighted by Crippen LogP contribution is -2.37. The Morgan fingerprint density at radius 2 is 0.607 bits per heavy atom. The second-order valence-electron chi connectivity index (χ2n) is 33.2. The molecular formula is C80H157F27. The fourth-order valence-corrected chi connectivity index (χ4v) is 6.26. The summed E-state index contributed by atoms with van der Waals surface area (Å²) in [6, 6.07) is 0. The number of hydrogen-bond donors (Lipinski definition) is 0. The molecule has 0 saturated heterocycles. The van der Waals surface area contributed by atoms with E-state index in [1.807, 2.05) is 13.8 Å². The van der Waals surface area contributed by atoms with E-state index in [-0.39, 0.29) is 37.0 Å². The normalized spacial score (nSPS) is 13.5. The predicted molar refractivity (Wildman–Crippen MR) is 397 cm³/mol. The molecule has 0 aromatic carbocycles. The zero-order valence-electron chi connectivity index (χ0n) is 72.6. The highest BCUT2D eigenvalue weighted by Gasteiger charge is 2.57. The Balaban J connectivity index is -0.0000000928. The molecule has 0 saturated carbocycles. The maximum atomic E-state index is 12.1. The van der Waals surface area contributed by atoms with Crippen molar-refractivity contribution in [2.24, 2.45) is 86.8 Å². The summed E-state index contributed by atoms with van der Waals surface area (Å²) in [7, 11) is 0. The molecule has 0 aromatic rings. The van der Waals surface area contributed by atoms with Crippen molar-refractivity contribution in [3.05, 3.63) is 0 Å². The van der Waals surface area contributed by atoms with Gasteiger partial charge in [0.15, 0.2) is 11.8 Å². The second kappa shape index (κ2) is 64.4. The first-order chi connectivity index (χ1) is 47.0. The molecule has 0 aliphatic carbocycles. The van der Waals surface area contributed by atoms with E-state index in [1.165, 1.54) is 93.4 Å². The minimum atomic E-state index is -5.19. The third kappa shape index (κ3) is 102. The van der Waals surface area contributed by atoms with Crippen LogP contribution in [-0.4, -0.2) is 55.6 Å². The Bertz CT molecular complexity index is 1790. The van der Waals surface area contributed by atoms with Gasteiger partial charge < -0.3 is 0 Å². The number of alkyl halides is 27. The minimum Gasteiger partial charge on any atom is -0.171 e. The molecule has 0 N–H and O–H groups in total. The summed E-state index contributed by atoms with van der Waals surface area (Å²) in [6.07, 6.45) is -28.5. The van der Waals surface area contributed by atoms with Crippen LogP contribution < -0.4 is 0 Å². The van der Waals surface area contributed by atoms with Crippen molar-refractivity contribution in [1.82, 2.24) is 0 Å². The van der Waals surface area contributed by atoms with Crippen LogP contribution in [-0.2, 0) is 0 Å². The molecule has 27 heteroatoms. The molecule has 0 spiro atoms. The van der Waals surface area contributed by atoms with Crippen molar-refractivity contribution < 1.29 is 119 Å². The van der Waals surface area contributed by atoms with Crippen molar-refractivity contribution in [3.8, 4) is 0 Å². The fraction of sp³-hybridized carbons (Fsp3) is 1.00. The van der Waals surface area contributed by atoms with Crippen LogP contribution in [0.5, 0.6) is 0 Å². The second-order valence-corrected chi connectivity index (χ2v) is 33.2. The van der Waals surface area contributed by atoms with Crippen molar-refractivity contribution >= 4 is 0 Å². The molecule has 0 aliphatic heterocycles. The lowest BCUT2D eigenvalue weighted by molar-refractivity contribution is -0.288. The molecule has 0 radical (unpaired) electrons. The van der Waals surface area contributed by atoms with E-state index in [0.717, 1.165) is 42.9 Å². The Morgan fingerprint density at radius 1 is 0.280 bits per heavy atom. The average Bonchev–Trinajstić information content (AvgIpc) is 0.846. The van der Waals surface area contributed by atoms with Crippen LogP contribution in [0.3, 0.4) is 0 Å². The quantitative estimate of drug-likeness (QED) is 0.0707. The standard InChI is InChI=1S/2C7H10F6.5C7H13F3.C7H16.4C6H14/c1-4(2)3-5(6(8,9)10)7(11,12)13;1-2-3-4-5(6(8,9)10)7(11,12)13;1-5(2)6(3,4)7(8,9)10;1-4-5-6(2,3)7(8,9)10;1-4-5(2)6(3)7(8,9)10;1-3-4-6(2)5-7(8,9)10;1-2-3-4-5-6-7(8,9)10;1-4-5-6-7(2)3;2*1-5-6(2,3)4;1-5(2)6(3)4;1-4-6(3)5-2/h4-5H,3H2,1-2H3;5H,2-4H2,1H3;5H,1-4H3;4-5H2,1-3H3;5-6H,4H2,1-3H3;6H,3-5H2,1-2H3;2-6H2,1H3;7H,4-6H2,1-3H3;2*5H2,1-4H3;5-6H,1-4H3;6H,4-5H2,1-3H3/t;;;;5-,6?;6-;;;;;;/m....00....../s1. The number of halogens is 27. The molecule has 0 amide bonds. The molecule has 0 rings (SSSR count). The first-order valence-electron chi connectivity index (χ1n) is 38.6. The van der Waals surface area contributed by atoms with Crippen LogP contribution in [0.2, 0.25) is 0 Å². The van der Waals surface area contributed by atoms with Gasteiger partial charge in [0.2, 0.25) is 0 Å². The Labute approximate surface area is 635 Å². The minimum absolute atomic E-state index is 0.0658. The summed E-state index contributed by atoms with van der Waals surface area (Å²) in [5, 5.41) is 0. The molecule has 0 bridgehead atoms. The van der Waals surface area contributed by atoms with Gasteiger partial charge in [0.25, 0.3) is 0 Å². The molecule has 3 atom stereocenters. The summed E-state index contributed by atoms with van der Waals surface area (Å²) < 4.78 is 319. The first kappa shape index (κ1) is 131. The van der Waals surface area contributed by atoms with E-state index in [9.17, 15) is 119 Å². The fourth-order valence-electron chi connectivity index (χ4n) is 6.26. The summed E-state index contributed by atoms with van der Waals surface area (Å²) in [4.78, 5) is 0. The Hall–Kier alpha value is -1.89. The summed E-state index contributed by atoms with van der Waals surface area (Å²) in [6.45, 7) is 64.5. The van der Waals surface area contributed by atoms with Crippen molar-refractivity contribution in [2.45, 2.75) is 432 Å². The SMILES string of the molecule is CC(C)C(C)(C)C(F)(F)F.CC(C)C(C)C.CC(C)CC(C(F)(F)F)C(F)(F)F.CCC(C)(C)C.CCC(C)(C)C.CCC(C)CC.CCCC(C)(C)C(F)(F)F.CCCCC(C(F)(F)F)C(F)(F)F.CCCCC(C)C.CCCCCCC(F)(F)F.CCC[C@H](C)CC(F)(F)F.CC[C@H](C)C(C)C(F)(F)F. The zero-order valence-corrected chi connectivity index (χ0v) is 72.6. The third-order valence-corrected chi connectivity index (χ3v) is 17.6. The molecule has 0 heterocycles. The molecule has 0 fully saturated rings. The van der Waals surface area contributed by atoms with E-state index >= 15 is 0 Å². The summed E-state index contributed by atoms with van der Waals surface area (Å²) >= 11 is 0. The highest BCUT2D eigenvalue weighted by Crippen LogP contribution is 2.46. The van der Waals surface area contributed by atoms with Crippen LogP contribution >= 0.6 is 0 Å². The van der Waals surface area contributed by atoms with Gasteiger partial charge in [0.1, 0.15) is 0 Å². The van der Waals surface area contributed by atoms with Crippen LogP contribution in [0, 0.1) is 86.8 Å². The van der Waals surface area contributed by atoms with E-state index in [4.69, 9.17) is 0 Å². The molecule has 0 aromatic heterocycles. The maximum Gasteiger partial charge on any atom is 0.400 e. The van der Waals surface area contributed by atoms with Crippen LogP contribution in [0.1, 0.15) is 377 Å². The smallest absolute Gasteiger partial charge is 0.171 e. The zero-order chi connectivity index (χ0) is 89.4. The average molecular weight is 1630 g/mol. The van der Waals surface area contributed by atoms with E-state index < -0.39 is 116 Å².